The summed E-state index contributed by atoms with van der Waals surface area (Å²) < 4.78 is 6.32. The fourth-order valence-corrected chi connectivity index (χ4v) is 8.40. The summed E-state index contributed by atoms with van der Waals surface area (Å²) in [6.45, 7) is 0. The molecule has 9 aromatic rings. The van der Waals surface area contributed by atoms with Gasteiger partial charge in [0.25, 0.3) is 0 Å². The lowest BCUT2D eigenvalue weighted by atomic mass is 10.0. The normalized spacial score (nSPS) is 12.1. The number of para-hydroxylation sites is 1. The molecule has 39 heavy (non-hydrogen) atoms. The second-order valence-corrected chi connectivity index (χ2v) is 12.1. The first kappa shape index (κ1) is 21.4. The van der Waals surface area contributed by atoms with Crippen LogP contribution >= 0.6 is 22.7 Å². The van der Waals surface area contributed by atoms with Crippen molar-refractivity contribution < 1.29 is 0 Å². The molecule has 0 fully saturated rings. The Labute approximate surface area is 232 Å². The summed E-state index contributed by atoms with van der Waals surface area (Å²) in [5, 5.41) is 8.89. The van der Waals surface area contributed by atoms with Crippen molar-refractivity contribution in [1.82, 2.24) is 9.55 Å². The standard InChI is InChI=1S/C35H20N2S2/c1-2-8-24-21(7-1)15-19-29-32(24)25-9-3-5-11-28(25)37(29)23-16-13-22(14-17-23)35-36-27-18-20-31-33(34(27)39-35)26-10-4-6-12-30(26)38-31/h1-20H. The van der Waals surface area contributed by atoms with E-state index >= 15 is 0 Å². The average molecular weight is 533 g/mol. The van der Waals surface area contributed by atoms with E-state index in [2.05, 4.69) is 126 Å². The van der Waals surface area contributed by atoms with E-state index in [4.69, 9.17) is 4.98 Å². The van der Waals surface area contributed by atoms with Crippen LogP contribution in [0.4, 0.5) is 0 Å². The van der Waals surface area contributed by atoms with Crippen molar-refractivity contribution in [3.05, 3.63) is 121 Å². The van der Waals surface area contributed by atoms with Gasteiger partial charge in [0.2, 0.25) is 0 Å². The first-order valence-electron chi connectivity index (χ1n) is 13.1. The minimum absolute atomic E-state index is 1.06. The van der Waals surface area contributed by atoms with Gasteiger partial charge in [0.1, 0.15) is 5.01 Å². The Bertz CT molecular complexity index is 2390. The van der Waals surface area contributed by atoms with E-state index in [-0.39, 0.29) is 0 Å². The van der Waals surface area contributed by atoms with E-state index in [1.807, 2.05) is 11.3 Å². The summed E-state index contributed by atoms with van der Waals surface area (Å²) in [7, 11) is 0. The van der Waals surface area contributed by atoms with E-state index in [1.165, 1.54) is 57.5 Å². The SMILES string of the molecule is c1ccc2c(c1)ccc1c2c2ccccc2n1-c1ccc(-c2nc3ccc4sc5ccccc5c4c3s2)cc1. The Kier molecular flexibility index (Phi) is 4.39. The van der Waals surface area contributed by atoms with Gasteiger partial charge in [-0.1, -0.05) is 66.7 Å². The molecule has 0 atom stereocenters. The van der Waals surface area contributed by atoms with Gasteiger partial charge >= 0.3 is 0 Å². The molecule has 0 aliphatic carbocycles. The molecule has 0 aliphatic heterocycles. The van der Waals surface area contributed by atoms with Gasteiger partial charge in [-0.05, 0) is 65.4 Å². The maximum Gasteiger partial charge on any atom is 0.124 e. The van der Waals surface area contributed by atoms with Crippen LogP contribution in [0, 0.1) is 0 Å². The number of thiophene rings is 1. The summed E-state index contributed by atoms with van der Waals surface area (Å²) in [6, 6.07) is 43.9. The quantitative estimate of drug-likeness (QED) is 0.216. The average Bonchev–Trinajstić information content (AvgIpc) is 3.68. The first-order valence-corrected chi connectivity index (χ1v) is 14.7. The van der Waals surface area contributed by atoms with Gasteiger partial charge in [0.15, 0.2) is 0 Å². The molecule has 6 aromatic carbocycles. The van der Waals surface area contributed by atoms with E-state index in [9.17, 15) is 0 Å². The Morgan fingerprint density at radius 1 is 0.513 bits per heavy atom. The Balaban J connectivity index is 1.22. The van der Waals surface area contributed by atoms with Crippen molar-refractivity contribution in [2.45, 2.75) is 0 Å². The predicted octanol–water partition coefficient (Wildman–Crippen LogP) is 10.6. The van der Waals surface area contributed by atoms with Crippen LogP contribution in [0.5, 0.6) is 0 Å². The number of nitrogens with zero attached hydrogens (tertiary/aromatic N) is 2. The third-order valence-electron chi connectivity index (χ3n) is 7.83. The number of aromatic nitrogens is 2. The zero-order valence-electron chi connectivity index (χ0n) is 20.8. The first-order chi connectivity index (χ1) is 19.3. The lowest BCUT2D eigenvalue weighted by molar-refractivity contribution is 1.18. The zero-order valence-corrected chi connectivity index (χ0v) is 22.4. The highest BCUT2D eigenvalue weighted by Gasteiger charge is 2.16. The summed E-state index contributed by atoms with van der Waals surface area (Å²) in [5.74, 6) is 0. The second-order valence-electron chi connectivity index (χ2n) is 9.98. The molecule has 0 radical (unpaired) electrons. The van der Waals surface area contributed by atoms with Crippen LogP contribution in [0.1, 0.15) is 0 Å². The van der Waals surface area contributed by atoms with Gasteiger partial charge in [-0.15, -0.1) is 22.7 Å². The largest absolute Gasteiger partial charge is 0.309 e. The number of hydrogen-bond acceptors (Lipinski definition) is 3. The van der Waals surface area contributed by atoms with E-state index in [0.717, 1.165) is 21.8 Å². The topological polar surface area (TPSA) is 17.8 Å². The maximum atomic E-state index is 5.06. The Morgan fingerprint density at radius 3 is 2.18 bits per heavy atom. The number of fused-ring (bicyclic) bond motifs is 10. The van der Waals surface area contributed by atoms with Gasteiger partial charge in [-0.25, -0.2) is 4.98 Å². The third kappa shape index (κ3) is 3.04. The lowest BCUT2D eigenvalue weighted by Gasteiger charge is -2.09. The Morgan fingerprint density at radius 2 is 1.28 bits per heavy atom. The Hall–Kier alpha value is -4.51. The monoisotopic (exact) mass is 532 g/mol. The summed E-state index contributed by atoms with van der Waals surface area (Å²) in [5.41, 5.74) is 5.84. The van der Waals surface area contributed by atoms with E-state index < -0.39 is 0 Å². The van der Waals surface area contributed by atoms with Gasteiger partial charge in [-0.3, -0.25) is 0 Å². The van der Waals surface area contributed by atoms with Crippen molar-refractivity contribution in [2.75, 3.05) is 0 Å². The van der Waals surface area contributed by atoms with Crippen molar-refractivity contribution >= 4 is 85.6 Å². The third-order valence-corrected chi connectivity index (χ3v) is 10.1. The van der Waals surface area contributed by atoms with Crippen LogP contribution < -0.4 is 0 Å². The van der Waals surface area contributed by atoms with Crippen molar-refractivity contribution in [1.29, 1.82) is 0 Å². The summed E-state index contributed by atoms with van der Waals surface area (Å²) in [6.07, 6.45) is 0. The molecule has 0 saturated heterocycles. The number of hydrogen-bond donors (Lipinski definition) is 0. The smallest absolute Gasteiger partial charge is 0.124 e. The summed E-state index contributed by atoms with van der Waals surface area (Å²) in [4.78, 5) is 5.06. The van der Waals surface area contributed by atoms with Gasteiger partial charge in [0.05, 0.1) is 21.3 Å². The number of rotatable bonds is 2. The molecule has 0 aliphatic rings. The fourth-order valence-electron chi connectivity index (χ4n) is 6.09. The molecule has 0 N–H and O–H groups in total. The van der Waals surface area contributed by atoms with E-state index in [0.29, 0.717) is 0 Å². The fraction of sp³-hybridized carbons (Fsp3) is 0. The van der Waals surface area contributed by atoms with Crippen molar-refractivity contribution in [3.63, 3.8) is 0 Å². The highest BCUT2D eigenvalue weighted by Crippen LogP contribution is 2.42. The van der Waals surface area contributed by atoms with Crippen LogP contribution in [0.25, 0.3) is 79.2 Å². The second kappa shape index (κ2) is 8.00. The lowest BCUT2D eigenvalue weighted by Crippen LogP contribution is -1.93. The molecule has 0 bridgehead atoms. The maximum absolute atomic E-state index is 5.06. The van der Waals surface area contributed by atoms with Gasteiger partial charge < -0.3 is 4.57 Å². The van der Waals surface area contributed by atoms with Crippen LogP contribution in [-0.2, 0) is 0 Å². The molecular weight excluding hydrogens is 513 g/mol. The molecular formula is C35H20N2S2. The molecule has 0 amide bonds. The summed E-state index contributed by atoms with van der Waals surface area (Å²) >= 11 is 3.66. The molecule has 3 aromatic heterocycles. The van der Waals surface area contributed by atoms with E-state index in [1.54, 1.807) is 11.3 Å². The predicted molar refractivity (Wildman–Crippen MR) is 170 cm³/mol. The van der Waals surface area contributed by atoms with Crippen molar-refractivity contribution in [3.8, 4) is 16.3 Å². The highest BCUT2D eigenvalue weighted by molar-refractivity contribution is 7.28. The molecule has 0 saturated carbocycles. The van der Waals surface area contributed by atoms with Crippen LogP contribution in [0.15, 0.2) is 121 Å². The minimum atomic E-state index is 1.06. The number of thiazole rings is 1. The van der Waals surface area contributed by atoms with Crippen LogP contribution in [-0.4, -0.2) is 9.55 Å². The molecule has 0 unspecified atom stereocenters. The number of benzene rings is 6. The highest BCUT2D eigenvalue weighted by atomic mass is 32.1. The van der Waals surface area contributed by atoms with Gasteiger partial charge in [-0.2, -0.15) is 0 Å². The van der Waals surface area contributed by atoms with Crippen molar-refractivity contribution in [2.24, 2.45) is 0 Å². The molecule has 2 nitrogen and oxygen atoms in total. The molecule has 0 spiro atoms. The molecule has 3 heterocycles. The minimum Gasteiger partial charge on any atom is -0.309 e. The van der Waals surface area contributed by atoms with Gasteiger partial charge in [0, 0.05) is 42.2 Å². The molecule has 182 valence electrons. The molecule has 4 heteroatoms. The van der Waals surface area contributed by atoms with Crippen LogP contribution in [0.3, 0.4) is 0 Å². The van der Waals surface area contributed by atoms with Crippen LogP contribution in [0.2, 0.25) is 0 Å². The molecule has 9 rings (SSSR count). The zero-order chi connectivity index (χ0) is 25.5.